The summed E-state index contributed by atoms with van der Waals surface area (Å²) in [6.07, 6.45) is 3.28. The number of nitrogens with one attached hydrogen (secondary N) is 1. The second-order valence-electron chi connectivity index (χ2n) is 5.10. The Morgan fingerprint density at radius 3 is 2.63 bits per heavy atom. The third-order valence-electron chi connectivity index (χ3n) is 3.94. The molecule has 1 aromatic rings. The highest BCUT2D eigenvalue weighted by Gasteiger charge is 2.37. The zero-order chi connectivity index (χ0) is 14.0. The summed E-state index contributed by atoms with van der Waals surface area (Å²) in [4.78, 5) is 0. The number of methoxy groups -OCH3 is 1. The normalized spacial score (nSPS) is 19.0. The van der Waals surface area contributed by atoms with Gasteiger partial charge in [-0.2, -0.15) is 0 Å². The Balaban J connectivity index is 2.08. The van der Waals surface area contributed by atoms with Crippen LogP contribution in [0.1, 0.15) is 37.8 Å². The van der Waals surface area contributed by atoms with Gasteiger partial charge in [0.05, 0.1) is 10.6 Å². The van der Waals surface area contributed by atoms with Gasteiger partial charge in [-0.1, -0.05) is 23.2 Å². The van der Waals surface area contributed by atoms with Crippen LogP contribution in [0, 0.1) is 5.82 Å². The van der Waals surface area contributed by atoms with Gasteiger partial charge in [0.1, 0.15) is 5.82 Å². The van der Waals surface area contributed by atoms with Crippen LogP contribution in [0.4, 0.5) is 4.39 Å². The van der Waals surface area contributed by atoms with Crippen LogP contribution < -0.4 is 5.32 Å². The van der Waals surface area contributed by atoms with Crippen molar-refractivity contribution in [2.24, 2.45) is 0 Å². The molecule has 5 heteroatoms. The molecule has 1 atom stereocenters. The zero-order valence-corrected chi connectivity index (χ0v) is 12.6. The first kappa shape index (κ1) is 15.0. The Hall–Kier alpha value is -0.350. The molecular weight excluding hydrogens is 288 g/mol. The minimum Gasteiger partial charge on any atom is -0.377 e. The highest BCUT2D eigenvalue weighted by molar-refractivity contribution is 6.36. The molecule has 1 saturated carbocycles. The van der Waals surface area contributed by atoms with Crippen molar-refractivity contribution in [2.75, 3.05) is 13.7 Å². The topological polar surface area (TPSA) is 21.3 Å². The molecule has 0 saturated heterocycles. The van der Waals surface area contributed by atoms with Crippen molar-refractivity contribution in [1.82, 2.24) is 5.32 Å². The quantitative estimate of drug-likeness (QED) is 0.817. The molecule has 106 valence electrons. The summed E-state index contributed by atoms with van der Waals surface area (Å²) in [5, 5.41) is 3.91. The molecule has 2 nitrogen and oxygen atoms in total. The van der Waals surface area contributed by atoms with Gasteiger partial charge in [-0.05, 0) is 38.3 Å². The standard InChI is InChI=1S/C14H18Cl2FNO/c1-9(18-8-14(19-2)6-3-7-14)12-10(15)4-5-11(17)13(12)16/h4-5,9,18H,3,6-8H2,1-2H3. The molecule has 1 unspecified atom stereocenters. The van der Waals surface area contributed by atoms with E-state index in [1.165, 1.54) is 18.6 Å². The molecule has 0 heterocycles. The Kier molecular flexibility index (Phi) is 4.72. The number of ether oxygens (including phenoxy) is 1. The minimum absolute atomic E-state index is 0.0828. The van der Waals surface area contributed by atoms with Gasteiger partial charge in [-0.3, -0.25) is 0 Å². The average molecular weight is 306 g/mol. The summed E-state index contributed by atoms with van der Waals surface area (Å²) in [6, 6.07) is 2.69. The van der Waals surface area contributed by atoms with Crippen LogP contribution in [0.5, 0.6) is 0 Å². The van der Waals surface area contributed by atoms with E-state index in [1.54, 1.807) is 7.11 Å². The Bertz CT molecular complexity index is 457. The lowest BCUT2D eigenvalue weighted by Gasteiger charge is -2.41. The molecular formula is C14H18Cl2FNO. The van der Waals surface area contributed by atoms with Crippen molar-refractivity contribution in [3.05, 3.63) is 33.6 Å². The molecule has 0 aliphatic heterocycles. The highest BCUT2D eigenvalue weighted by Crippen LogP contribution is 2.36. The minimum atomic E-state index is -0.445. The SMILES string of the molecule is COC1(CNC(C)c2c(Cl)ccc(F)c2Cl)CCC1. The van der Waals surface area contributed by atoms with E-state index >= 15 is 0 Å². The zero-order valence-electron chi connectivity index (χ0n) is 11.1. The maximum Gasteiger partial charge on any atom is 0.142 e. The van der Waals surface area contributed by atoms with Crippen molar-refractivity contribution in [2.45, 2.75) is 37.8 Å². The van der Waals surface area contributed by atoms with Gasteiger partial charge in [0, 0.05) is 30.3 Å². The smallest absolute Gasteiger partial charge is 0.142 e. The van der Waals surface area contributed by atoms with Crippen molar-refractivity contribution < 1.29 is 9.13 Å². The summed E-state index contributed by atoms with van der Waals surface area (Å²) in [7, 11) is 1.73. The summed E-state index contributed by atoms with van der Waals surface area (Å²) < 4.78 is 19.0. The predicted octanol–water partition coefficient (Wildman–Crippen LogP) is 4.35. The maximum atomic E-state index is 13.5. The Morgan fingerprint density at radius 2 is 2.11 bits per heavy atom. The van der Waals surface area contributed by atoms with Crippen LogP contribution in [-0.4, -0.2) is 19.3 Å². The number of benzene rings is 1. The monoisotopic (exact) mass is 305 g/mol. The second kappa shape index (κ2) is 5.96. The van der Waals surface area contributed by atoms with E-state index in [1.807, 2.05) is 6.92 Å². The van der Waals surface area contributed by atoms with Crippen LogP contribution in [0.25, 0.3) is 0 Å². The molecule has 1 aliphatic rings. The molecule has 2 rings (SSSR count). The summed E-state index contributed by atoms with van der Waals surface area (Å²) in [5.41, 5.74) is 0.523. The molecule has 1 N–H and O–H groups in total. The lowest BCUT2D eigenvalue weighted by molar-refractivity contribution is -0.0706. The van der Waals surface area contributed by atoms with Crippen LogP contribution >= 0.6 is 23.2 Å². The van der Waals surface area contributed by atoms with Crippen LogP contribution in [0.3, 0.4) is 0 Å². The van der Waals surface area contributed by atoms with Crippen molar-refractivity contribution in [3.8, 4) is 0 Å². The van der Waals surface area contributed by atoms with Gasteiger partial charge < -0.3 is 10.1 Å². The molecule has 0 radical (unpaired) electrons. The first-order valence-electron chi connectivity index (χ1n) is 6.41. The molecule has 1 fully saturated rings. The molecule has 1 aromatic carbocycles. The summed E-state index contributed by atoms with van der Waals surface area (Å²) in [5.74, 6) is -0.445. The third-order valence-corrected chi connectivity index (χ3v) is 4.65. The van der Waals surface area contributed by atoms with Gasteiger partial charge in [0.15, 0.2) is 0 Å². The molecule has 19 heavy (non-hydrogen) atoms. The van der Waals surface area contributed by atoms with Crippen molar-refractivity contribution in [3.63, 3.8) is 0 Å². The van der Waals surface area contributed by atoms with Crippen LogP contribution in [0.2, 0.25) is 10.0 Å². The Morgan fingerprint density at radius 1 is 1.42 bits per heavy atom. The average Bonchev–Trinajstić information content (AvgIpc) is 2.34. The molecule has 1 aliphatic carbocycles. The number of rotatable bonds is 5. The van der Waals surface area contributed by atoms with Gasteiger partial charge in [-0.15, -0.1) is 0 Å². The van der Waals surface area contributed by atoms with E-state index in [-0.39, 0.29) is 16.7 Å². The van der Waals surface area contributed by atoms with Crippen LogP contribution in [0.15, 0.2) is 12.1 Å². The predicted molar refractivity (Wildman–Crippen MR) is 76.4 cm³/mol. The second-order valence-corrected chi connectivity index (χ2v) is 5.89. The number of hydrogen-bond acceptors (Lipinski definition) is 2. The van der Waals surface area contributed by atoms with E-state index < -0.39 is 5.82 Å². The summed E-state index contributed by atoms with van der Waals surface area (Å²) in [6.45, 7) is 2.64. The van der Waals surface area contributed by atoms with Gasteiger partial charge in [0.25, 0.3) is 0 Å². The fraction of sp³-hybridized carbons (Fsp3) is 0.571. The first-order valence-corrected chi connectivity index (χ1v) is 7.16. The van der Waals surface area contributed by atoms with E-state index in [4.69, 9.17) is 27.9 Å². The number of hydrogen-bond donors (Lipinski definition) is 1. The first-order chi connectivity index (χ1) is 8.99. The van der Waals surface area contributed by atoms with Crippen LogP contribution in [-0.2, 0) is 4.74 Å². The third kappa shape index (κ3) is 3.05. The number of halogens is 3. The molecule has 0 amide bonds. The van der Waals surface area contributed by atoms with E-state index in [0.717, 1.165) is 12.8 Å². The van der Waals surface area contributed by atoms with Gasteiger partial charge in [-0.25, -0.2) is 4.39 Å². The maximum absolute atomic E-state index is 13.5. The lowest BCUT2D eigenvalue weighted by atomic mass is 9.80. The van der Waals surface area contributed by atoms with Gasteiger partial charge in [0.2, 0.25) is 0 Å². The van der Waals surface area contributed by atoms with Gasteiger partial charge >= 0.3 is 0 Å². The molecule has 0 aromatic heterocycles. The van der Waals surface area contributed by atoms with E-state index in [2.05, 4.69) is 5.32 Å². The van der Waals surface area contributed by atoms with E-state index in [9.17, 15) is 4.39 Å². The van der Waals surface area contributed by atoms with Crippen molar-refractivity contribution >= 4 is 23.2 Å². The fourth-order valence-electron chi connectivity index (χ4n) is 2.41. The molecule has 0 spiro atoms. The largest absolute Gasteiger partial charge is 0.377 e. The molecule has 0 bridgehead atoms. The lowest BCUT2D eigenvalue weighted by Crippen LogP contribution is -2.48. The van der Waals surface area contributed by atoms with E-state index in [0.29, 0.717) is 17.1 Å². The summed E-state index contributed by atoms with van der Waals surface area (Å²) >= 11 is 12.1. The van der Waals surface area contributed by atoms with Crippen molar-refractivity contribution in [1.29, 1.82) is 0 Å². The highest BCUT2D eigenvalue weighted by atomic mass is 35.5. The Labute approximate surface area is 123 Å². The fourth-order valence-corrected chi connectivity index (χ4v) is 3.10.